The number of nitrogens with one attached hydrogen (secondary N) is 1. The number of amides is 2. The van der Waals surface area contributed by atoms with Gasteiger partial charge in [0.1, 0.15) is 11.9 Å². The fourth-order valence-corrected chi connectivity index (χ4v) is 3.73. The number of aromatic nitrogens is 1. The summed E-state index contributed by atoms with van der Waals surface area (Å²) in [4.78, 5) is 27.6. The molecule has 3 rings (SSSR count). The fourth-order valence-electron chi connectivity index (χ4n) is 3.73. The molecule has 1 aliphatic heterocycles. The van der Waals surface area contributed by atoms with Gasteiger partial charge >= 0.3 is 0 Å². The molecule has 0 aliphatic carbocycles. The minimum atomic E-state index is -0.531. The van der Waals surface area contributed by atoms with E-state index in [0.717, 1.165) is 6.42 Å². The van der Waals surface area contributed by atoms with Crippen LogP contribution in [0.15, 0.2) is 34.9 Å². The van der Waals surface area contributed by atoms with Gasteiger partial charge in [-0.1, -0.05) is 32.9 Å². The van der Waals surface area contributed by atoms with E-state index in [1.54, 1.807) is 23.1 Å². The van der Waals surface area contributed by atoms with Gasteiger partial charge in [0.15, 0.2) is 11.5 Å². The van der Waals surface area contributed by atoms with Crippen LogP contribution < -0.4 is 5.32 Å². The first-order valence-corrected chi connectivity index (χ1v) is 10.1. The molecule has 2 amide bonds. The first-order valence-electron chi connectivity index (χ1n) is 10.1. The molecular formula is C22H28FN3O3. The summed E-state index contributed by atoms with van der Waals surface area (Å²) in [6, 6.07) is 6.71. The molecule has 1 fully saturated rings. The van der Waals surface area contributed by atoms with Gasteiger partial charge < -0.3 is 14.7 Å². The van der Waals surface area contributed by atoms with Crippen molar-refractivity contribution in [2.75, 3.05) is 6.54 Å². The number of benzene rings is 1. The van der Waals surface area contributed by atoms with Crippen LogP contribution in [0, 0.1) is 17.7 Å². The van der Waals surface area contributed by atoms with Gasteiger partial charge in [-0.2, -0.15) is 0 Å². The van der Waals surface area contributed by atoms with Crippen LogP contribution in [0.4, 0.5) is 4.39 Å². The Morgan fingerprint density at radius 2 is 1.86 bits per heavy atom. The monoisotopic (exact) mass is 401 g/mol. The van der Waals surface area contributed by atoms with Crippen LogP contribution in [-0.2, 0) is 4.79 Å². The summed E-state index contributed by atoms with van der Waals surface area (Å²) < 4.78 is 18.5. The van der Waals surface area contributed by atoms with Crippen molar-refractivity contribution in [3.05, 3.63) is 41.8 Å². The molecule has 2 atom stereocenters. The SMILES string of the molecule is CC(C)C[C@H]1CN(C(=O)c2cc(-c3ccc(F)cc3)on2)[C@@H](CC(C)C)C(=O)N1. The lowest BCUT2D eigenvalue weighted by Crippen LogP contribution is -2.62. The molecule has 0 bridgehead atoms. The van der Waals surface area contributed by atoms with E-state index >= 15 is 0 Å². The number of carbonyl (C=O) groups is 2. The van der Waals surface area contributed by atoms with Crippen molar-refractivity contribution < 1.29 is 18.5 Å². The van der Waals surface area contributed by atoms with Crippen molar-refractivity contribution >= 4 is 11.8 Å². The van der Waals surface area contributed by atoms with Crippen LogP contribution in [-0.4, -0.2) is 40.5 Å². The summed E-state index contributed by atoms with van der Waals surface area (Å²) in [5.41, 5.74) is 0.779. The van der Waals surface area contributed by atoms with Gasteiger partial charge in [0.05, 0.1) is 0 Å². The zero-order chi connectivity index (χ0) is 21.1. The second-order valence-corrected chi connectivity index (χ2v) is 8.52. The van der Waals surface area contributed by atoms with E-state index < -0.39 is 6.04 Å². The van der Waals surface area contributed by atoms with Crippen molar-refractivity contribution in [3.8, 4) is 11.3 Å². The standard InChI is InChI=1S/C22H28FN3O3/c1-13(2)9-17-12-26(19(10-14(3)4)21(27)24-17)22(28)18-11-20(29-25-18)15-5-7-16(23)8-6-15/h5-8,11,13-14,17,19H,9-10,12H2,1-4H3,(H,24,27)/t17-,19-/m0/s1. The van der Waals surface area contributed by atoms with Crippen LogP contribution in [0.5, 0.6) is 0 Å². The highest BCUT2D eigenvalue weighted by molar-refractivity contribution is 5.97. The highest BCUT2D eigenvalue weighted by Crippen LogP contribution is 2.24. The molecule has 0 saturated carbocycles. The van der Waals surface area contributed by atoms with Crippen molar-refractivity contribution in [1.82, 2.24) is 15.4 Å². The Balaban J connectivity index is 1.85. The topological polar surface area (TPSA) is 75.4 Å². The van der Waals surface area contributed by atoms with Crippen LogP contribution in [0.3, 0.4) is 0 Å². The molecule has 1 aliphatic rings. The second kappa shape index (κ2) is 8.76. The average Bonchev–Trinajstić information content (AvgIpc) is 3.13. The van der Waals surface area contributed by atoms with Crippen molar-refractivity contribution in [2.45, 2.75) is 52.6 Å². The maximum absolute atomic E-state index is 13.2. The van der Waals surface area contributed by atoms with Crippen LogP contribution in [0.25, 0.3) is 11.3 Å². The molecule has 0 unspecified atom stereocenters. The Morgan fingerprint density at radius 3 is 2.48 bits per heavy atom. The molecular weight excluding hydrogens is 373 g/mol. The molecule has 2 aromatic rings. The number of hydrogen-bond acceptors (Lipinski definition) is 4. The van der Waals surface area contributed by atoms with Gasteiger partial charge in [-0.15, -0.1) is 0 Å². The van der Waals surface area contributed by atoms with E-state index in [0.29, 0.717) is 30.2 Å². The Morgan fingerprint density at radius 1 is 1.21 bits per heavy atom. The van der Waals surface area contributed by atoms with Gasteiger partial charge in [-0.3, -0.25) is 9.59 Å². The van der Waals surface area contributed by atoms with E-state index in [1.807, 2.05) is 13.8 Å². The summed E-state index contributed by atoms with van der Waals surface area (Å²) in [6.45, 7) is 8.67. The molecule has 1 saturated heterocycles. The number of carbonyl (C=O) groups excluding carboxylic acids is 2. The molecule has 7 heteroatoms. The predicted octanol–water partition coefficient (Wildman–Crippen LogP) is 3.88. The maximum Gasteiger partial charge on any atom is 0.276 e. The zero-order valence-electron chi connectivity index (χ0n) is 17.3. The van der Waals surface area contributed by atoms with Gasteiger partial charge in [-0.25, -0.2) is 4.39 Å². The summed E-state index contributed by atoms with van der Waals surface area (Å²) in [5, 5.41) is 6.99. The van der Waals surface area contributed by atoms with Crippen molar-refractivity contribution in [2.24, 2.45) is 11.8 Å². The molecule has 6 nitrogen and oxygen atoms in total. The van der Waals surface area contributed by atoms with Crippen molar-refractivity contribution in [3.63, 3.8) is 0 Å². The van der Waals surface area contributed by atoms with E-state index in [2.05, 4.69) is 24.3 Å². The van der Waals surface area contributed by atoms with E-state index in [1.165, 1.54) is 12.1 Å². The fraction of sp³-hybridized carbons (Fsp3) is 0.500. The highest BCUT2D eigenvalue weighted by atomic mass is 19.1. The third kappa shape index (κ3) is 5.02. The smallest absolute Gasteiger partial charge is 0.276 e. The summed E-state index contributed by atoms with van der Waals surface area (Å²) in [5.74, 6) is 0.249. The number of halogens is 1. The molecule has 29 heavy (non-hydrogen) atoms. The molecule has 1 aromatic carbocycles. The number of rotatable bonds is 6. The van der Waals surface area contributed by atoms with E-state index in [4.69, 9.17) is 4.52 Å². The molecule has 1 aromatic heterocycles. The van der Waals surface area contributed by atoms with Crippen LogP contribution in [0.1, 0.15) is 51.0 Å². The Bertz CT molecular complexity index is 860. The van der Waals surface area contributed by atoms with Crippen molar-refractivity contribution in [1.29, 1.82) is 0 Å². The third-order valence-corrected chi connectivity index (χ3v) is 5.01. The Labute approximate surface area is 170 Å². The first kappa shape index (κ1) is 21.0. The van der Waals surface area contributed by atoms with Crippen LogP contribution >= 0.6 is 0 Å². The predicted molar refractivity (Wildman–Crippen MR) is 108 cm³/mol. The van der Waals surface area contributed by atoms with Gasteiger partial charge in [-0.05, 0) is 48.9 Å². The average molecular weight is 401 g/mol. The van der Waals surface area contributed by atoms with Gasteiger partial charge in [0, 0.05) is 24.2 Å². The maximum atomic E-state index is 13.2. The zero-order valence-corrected chi connectivity index (χ0v) is 17.3. The Hall–Kier alpha value is -2.70. The lowest BCUT2D eigenvalue weighted by atomic mass is 9.94. The second-order valence-electron chi connectivity index (χ2n) is 8.52. The summed E-state index contributed by atoms with van der Waals surface area (Å²) in [7, 11) is 0. The first-order chi connectivity index (χ1) is 13.7. The van der Waals surface area contributed by atoms with E-state index in [9.17, 15) is 14.0 Å². The minimum Gasteiger partial charge on any atom is -0.355 e. The molecule has 0 spiro atoms. The number of hydrogen-bond donors (Lipinski definition) is 1. The largest absolute Gasteiger partial charge is 0.355 e. The molecule has 0 radical (unpaired) electrons. The molecule has 156 valence electrons. The lowest BCUT2D eigenvalue weighted by Gasteiger charge is -2.40. The van der Waals surface area contributed by atoms with Gasteiger partial charge in [0.25, 0.3) is 5.91 Å². The number of nitrogens with zero attached hydrogens (tertiary/aromatic N) is 2. The highest BCUT2D eigenvalue weighted by Gasteiger charge is 2.38. The summed E-state index contributed by atoms with van der Waals surface area (Å²) in [6.07, 6.45) is 1.37. The summed E-state index contributed by atoms with van der Waals surface area (Å²) >= 11 is 0. The van der Waals surface area contributed by atoms with E-state index in [-0.39, 0.29) is 35.3 Å². The van der Waals surface area contributed by atoms with Gasteiger partial charge in [0.2, 0.25) is 5.91 Å². The lowest BCUT2D eigenvalue weighted by molar-refractivity contribution is -0.130. The molecule has 1 N–H and O–H groups in total. The molecule has 2 heterocycles. The van der Waals surface area contributed by atoms with Crippen LogP contribution in [0.2, 0.25) is 0 Å². The number of piperazine rings is 1. The quantitative estimate of drug-likeness (QED) is 0.797. The third-order valence-electron chi connectivity index (χ3n) is 5.01. The Kier molecular flexibility index (Phi) is 6.35. The minimum absolute atomic E-state index is 0.0849. The normalized spacial score (nSPS) is 19.7.